The lowest BCUT2D eigenvalue weighted by molar-refractivity contribution is 0.189. The van der Waals surface area contributed by atoms with Crippen LogP contribution in [-0.4, -0.2) is 60.2 Å². The van der Waals surface area contributed by atoms with E-state index in [0.29, 0.717) is 11.8 Å². The topological polar surface area (TPSA) is 70.6 Å². The van der Waals surface area contributed by atoms with Crippen molar-refractivity contribution >= 4 is 12.0 Å². The van der Waals surface area contributed by atoms with Gasteiger partial charge in [0.05, 0.1) is 13.2 Å². The molecule has 2 amide bonds. The molecule has 1 N–H and O–H groups in total. The number of nitrogens with zero attached hydrogens (tertiary/aromatic N) is 4. The van der Waals surface area contributed by atoms with Crippen LogP contribution in [0, 0.1) is 0 Å². The molecule has 0 saturated carbocycles. The molecule has 20 heavy (non-hydrogen) atoms. The molecule has 2 saturated heterocycles. The zero-order valence-electron chi connectivity index (χ0n) is 11.6. The molecule has 1 aromatic heterocycles. The number of nitrogens with one attached hydrogen (secondary N) is 1. The van der Waals surface area contributed by atoms with E-state index in [2.05, 4.69) is 20.2 Å². The molecular weight excluding hydrogens is 258 g/mol. The Hall–Kier alpha value is -2.05. The maximum absolute atomic E-state index is 11.8. The van der Waals surface area contributed by atoms with E-state index in [9.17, 15) is 4.79 Å². The second kappa shape index (κ2) is 5.52. The molecule has 3 rings (SSSR count). The van der Waals surface area contributed by atoms with Gasteiger partial charge in [0.2, 0.25) is 11.8 Å². The van der Waals surface area contributed by atoms with Gasteiger partial charge in [-0.05, 0) is 12.8 Å². The first kappa shape index (κ1) is 13.0. The normalized spacial score (nSPS) is 22.9. The van der Waals surface area contributed by atoms with Gasteiger partial charge in [-0.25, -0.2) is 9.78 Å². The molecule has 2 aliphatic rings. The predicted octanol–water partition coefficient (Wildman–Crippen LogP) is 0.479. The van der Waals surface area contributed by atoms with Crippen LogP contribution in [0.15, 0.2) is 12.3 Å². The molecule has 0 bridgehead atoms. The summed E-state index contributed by atoms with van der Waals surface area (Å²) in [6.07, 6.45) is 3.77. The Morgan fingerprint density at radius 1 is 1.45 bits per heavy atom. The molecule has 2 fully saturated rings. The van der Waals surface area contributed by atoms with Gasteiger partial charge in [0.1, 0.15) is 0 Å². The second-order valence-electron chi connectivity index (χ2n) is 5.07. The van der Waals surface area contributed by atoms with Crippen molar-refractivity contribution in [2.75, 3.05) is 38.2 Å². The van der Waals surface area contributed by atoms with Gasteiger partial charge in [0, 0.05) is 38.4 Å². The average molecular weight is 277 g/mol. The summed E-state index contributed by atoms with van der Waals surface area (Å²) < 4.78 is 5.14. The summed E-state index contributed by atoms with van der Waals surface area (Å²) in [5.74, 6) is 1.24. The van der Waals surface area contributed by atoms with Crippen molar-refractivity contribution in [2.45, 2.75) is 18.9 Å². The minimum atomic E-state index is 0.0448. The van der Waals surface area contributed by atoms with E-state index < -0.39 is 0 Å². The highest BCUT2D eigenvalue weighted by Crippen LogP contribution is 2.21. The number of methoxy groups -OCH3 is 1. The van der Waals surface area contributed by atoms with Crippen molar-refractivity contribution in [3.63, 3.8) is 0 Å². The SMILES string of the molecule is COc1ccnc(N2CCCC(N3CCNC3=O)C2)n1. The van der Waals surface area contributed by atoms with E-state index in [1.54, 1.807) is 19.4 Å². The van der Waals surface area contributed by atoms with Gasteiger partial charge in [0.15, 0.2) is 0 Å². The molecular formula is C13H19N5O2. The quantitative estimate of drug-likeness (QED) is 0.870. The Morgan fingerprint density at radius 3 is 3.10 bits per heavy atom. The molecule has 1 atom stereocenters. The van der Waals surface area contributed by atoms with E-state index in [1.165, 1.54) is 0 Å². The van der Waals surface area contributed by atoms with Gasteiger partial charge in [-0.15, -0.1) is 0 Å². The third kappa shape index (κ3) is 2.48. The Bertz CT molecular complexity index is 495. The number of aromatic nitrogens is 2. The molecule has 1 aromatic rings. The van der Waals surface area contributed by atoms with Crippen molar-refractivity contribution in [3.8, 4) is 5.88 Å². The number of piperidine rings is 1. The van der Waals surface area contributed by atoms with Gasteiger partial charge in [-0.1, -0.05) is 0 Å². The molecule has 108 valence electrons. The van der Waals surface area contributed by atoms with Crippen LogP contribution < -0.4 is 15.0 Å². The van der Waals surface area contributed by atoms with Gasteiger partial charge in [-0.2, -0.15) is 4.98 Å². The first-order valence-corrected chi connectivity index (χ1v) is 6.94. The van der Waals surface area contributed by atoms with Crippen LogP contribution in [0.2, 0.25) is 0 Å². The number of rotatable bonds is 3. The maximum Gasteiger partial charge on any atom is 0.317 e. The van der Waals surface area contributed by atoms with Crippen LogP contribution in [0.25, 0.3) is 0 Å². The number of ether oxygens (including phenoxy) is 1. The lowest BCUT2D eigenvalue weighted by atomic mass is 10.0. The number of hydrogen-bond donors (Lipinski definition) is 1. The Balaban J connectivity index is 1.72. The van der Waals surface area contributed by atoms with Crippen LogP contribution in [0.4, 0.5) is 10.7 Å². The highest BCUT2D eigenvalue weighted by atomic mass is 16.5. The molecule has 0 radical (unpaired) electrons. The number of hydrogen-bond acceptors (Lipinski definition) is 5. The zero-order chi connectivity index (χ0) is 13.9. The molecule has 7 heteroatoms. The number of carbonyl (C=O) groups is 1. The van der Waals surface area contributed by atoms with Gasteiger partial charge in [0.25, 0.3) is 0 Å². The number of carbonyl (C=O) groups excluding carboxylic acids is 1. The molecule has 7 nitrogen and oxygen atoms in total. The van der Waals surface area contributed by atoms with Crippen LogP contribution >= 0.6 is 0 Å². The van der Waals surface area contributed by atoms with Crippen LogP contribution in [0.5, 0.6) is 5.88 Å². The fraction of sp³-hybridized carbons (Fsp3) is 0.615. The Morgan fingerprint density at radius 2 is 2.35 bits per heavy atom. The van der Waals surface area contributed by atoms with Crippen molar-refractivity contribution in [3.05, 3.63) is 12.3 Å². The minimum absolute atomic E-state index is 0.0448. The highest BCUT2D eigenvalue weighted by molar-refractivity contribution is 5.76. The molecule has 0 spiro atoms. The molecule has 0 aliphatic carbocycles. The minimum Gasteiger partial charge on any atom is -0.481 e. The molecule has 2 aliphatic heterocycles. The van der Waals surface area contributed by atoms with E-state index in [0.717, 1.165) is 39.0 Å². The molecule has 3 heterocycles. The lowest BCUT2D eigenvalue weighted by Crippen LogP contribution is -2.49. The standard InChI is InChI=1S/C13H19N5O2/c1-20-11-4-5-14-12(16-11)17-7-2-3-10(9-17)18-8-6-15-13(18)19/h4-5,10H,2-3,6-9H2,1H3,(H,15,19). The summed E-state index contributed by atoms with van der Waals surface area (Å²) in [6.45, 7) is 3.22. The maximum atomic E-state index is 11.8. The van der Waals surface area contributed by atoms with Crippen LogP contribution in [0.1, 0.15) is 12.8 Å². The third-order valence-electron chi connectivity index (χ3n) is 3.84. The monoisotopic (exact) mass is 277 g/mol. The molecule has 1 unspecified atom stereocenters. The number of urea groups is 1. The van der Waals surface area contributed by atoms with Crippen molar-refractivity contribution in [2.24, 2.45) is 0 Å². The van der Waals surface area contributed by atoms with E-state index in [1.807, 2.05) is 4.90 Å². The summed E-state index contributed by atoms with van der Waals surface area (Å²) in [5.41, 5.74) is 0. The summed E-state index contributed by atoms with van der Waals surface area (Å²) in [7, 11) is 1.60. The first-order valence-electron chi connectivity index (χ1n) is 6.94. The first-order chi connectivity index (χ1) is 9.78. The fourth-order valence-electron chi connectivity index (χ4n) is 2.82. The highest BCUT2D eigenvalue weighted by Gasteiger charge is 2.32. The van der Waals surface area contributed by atoms with Crippen LogP contribution in [0.3, 0.4) is 0 Å². The van der Waals surface area contributed by atoms with Crippen molar-refractivity contribution in [1.29, 1.82) is 0 Å². The molecule has 0 aromatic carbocycles. The van der Waals surface area contributed by atoms with Crippen LogP contribution in [-0.2, 0) is 0 Å². The fourth-order valence-corrected chi connectivity index (χ4v) is 2.82. The largest absolute Gasteiger partial charge is 0.481 e. The summed E-state index contributed by atoms with van der Waals surface area (Å²) >= 11 is 0. The van der Waals surface area contributed by atoms with Crippen molar-refractivity contribution in [1.82, 2.24) is 20.2 Å². The van der Waals surface area contributed by atoms with E-state index in [4.69, 9.17) is 4.74 Å². The zero-order valence-corrected chi connectivity index (χ0v) is 11.6. The summed E-state index contributed by atoms with van der Waals surface area (Å²) in [4.78, 5) is 24.5. The predicted molar refractivity (Wildman–Crippen MR) is 73.9 cm³/mol. The van der Waals surface area contributed by atoms with E-state index >= 15 is 0 Å². The Kier molecular flexibility index (Phi) is 3.58. The number of anilines is 1. The third-order valence-corrected chi connectivity index (χ3v) is 3.84. The van der Waals surface area contributed by atoms with E-state index in [-0.39, 0.29) is 12.1 Å². The lowest BCUT2D eigenvalue weighted by Gasteiger charge is -2.37. The van der Waals surface area contributed by atoms with Gasteiger partial charge >= 0.3 is 6.03 Å². The van der Waals surface area contributed by atoms with Crippen molar-refractivity contribution < 1.29 is 9.53 Å². The Labute approximate surface area is 117 Å². The summed E-state index contributed by atoms with van der Waals surface area (Å²) in [6, 6.07) is 2.02. The number of amides is 2. The van der Waals surface area contributed by atoms with Gasteiger partial charge in [-0.3, -0.25) is 0 Å². The average Bonchev–Trinajstić information content (AvgIpc) is 2.94. The summed E-state index contributed by atoms with van der Waals surface area (Å²) in [5, 5.41) is 2.86. The smallest absolute Gasteiger partial charge is 0.317 e. The second-order valence-corrected chi connectivity index (χ2v) is 5.07. The van der Waals surface area contributed by atoms with Gasteiger partial charge < -0.3 is 19.9 Å².